The molecule has 16 heavy (non-hydrogen) atoms. The van der Waals surface area contributed by atoms with E-state index in [0.29, 0.717) is 11.6 Å². The van der Waals surface area contributed by atoms with Crippen LogP contribution in [0.4, 0.5) is 0 Å². The molecule has 0 spiro atoms. The van der Waals surface area contributed by atoms with E-state index in [9.17, 15) is 4.79 Å². The van der Waals surface area contributed by atoms with E-state index in [2.05, 4.69) is 10.1 Å². The van der Waals surface area contributed by atoms with Gasteiger partial charge >= 0.3 is 5.97 Å². The molecule has 0 radical (unpaired) electrons. The summed E-state index contributed by atoms with van der Waals surface area (Å²) in [7, 11) is 1.51. The van der Waals surface area contributed by atoms with E-state index in [4.69, 9.17) is 9.84 Å². The fourth-order valence-electron chi connectivity index (χ4n) is 1.23. The number of carboxylic acid groups (broad SMARTS) is 1. The third kappa shape index (κ3) is 1.85. The van der Waals surface area contributed by atoms with Crippen molar-refractivity contribution in [3.63, 3.8) is 0 Å². The zero-order valence-corrected chi connectivity index (χ0v) is 8.49. The van der Waals surface area contributed by atoms with E-state index >= 15 is 0 Å². The Balaban J connectivity index is 2.38. The molecule has 6 heteroatoms. The Morgan fingerprint density at radius 2 is 2.31 bits per heavy atom. The Hall–Kier alpha value is -2.37. The van der Waals surface area contributed by atoms with Gasteiger partial charge in [0.15, 0.2) is 5.69 Å². The lowest BCUT2D eigenvalue weighted by Gasteiger charge is -2.02. The molecule has 0 saturated carbocycles. The molecular formula is C10H9N3O3. The fraction of sp³-hybridized carbons (Fsp3) is 0.100. The molecule has 0 aliphatic carbocycles. The summed E-state index contributed by atoms with van der Waals surface area (Å²) in [6.45, 7) is 0. The first-order valence-corrected chi connectivity index (χ1v) is 4.50. The van der Waals surface area contributed by atoms with Gasteiger partial charge in [0.25, 0.3) is 0 Å². The van der Waals surface area contributed by atoms with Gasteiger partial charge in [0.05, 0.1) is 12.8 Å². The Labute approximate surface area is 91.1 Å². The lowest BCUT2D eigenvalue weighted by atomic mass is 10.4. The zero-order valence-electron chi connectivity index (χ0n) is 8.49. The summed E-state index contributed by atoms with van der Waals surface area (Å²) in [6.07, 6.45) is 3.13. The van der Waals surface area contributed by atoms with Crippen LogP contribution < -0.4 is 4.74 Å². The first-order chi connectivity index (χ1) is 7.70. The predicted octanol–water partition coefficient (Wildman–Crippen LogP) is 0.974. The lowest BCUT2D eigenvalue weighted by molar-refractivity contribution is 0.0690. The summed E-state index contributed by atoms with van der Waals surface area (Å²) >= 11 is 0. The van der Waals surface area contributed by atoms with Crippen LogP contribution in [0.3, 0.4) is 0 Å². The minimum Gasteiger partial charge on any atom is -0.481 e. The van der Waals surface area contributed by atoms with Gasteiger partial charge in [-0.25, -0.2) is 14.5 Å². The highest BCUT2D eigenvalue weighted by atomic mass is 16.5. The molecule has 0 aromatic carbocycles. The summed E-state index contributed by atoms with van der Waals surface area (Å²) in [5.74, 6) is -0.607. The molecular weight excluding hydrogens is 210 g/mol. The van der Waals surface area contributed by atoms with E-state index < -0.39 is 5.97 Å². The Bertz CT molecular complexity index is 522. The van der Waals surface area contributed by atoms with Gasteiger partial charge in [-0.2, -0.15) is 5.10 Å². The number of pyridine rings is 1. The summed E-state index contributed by atoms with van der Waals surface area (Å²) in [5, 5.41) is 12.6. The first-order valence-electron chi connectivity index (χ1n) is 4.50. The average molecular weight is 219 g/mol. The maximum absolute atomic E-state index is 10.7. The van der Waals surface area contributed by atoms with Crippen LogP contribution >= 0.6 is 0 Å². The second kappa shape index (κ2) is 4.01. The van der Waals surface area contributed by atoms with Crippen LogP contribution in [0.2, 0.25) is 0 Å². The van der Waals surface area contributed by atoms with Crippen LogP contribution in [0.25, 0.3) is 5.69 Å². The number of hydrogen-bond donors (Lipinski definition) is 1. The Morgan fingerprint density at radius 1 is 1.50 bits per heavy atom. The number of carbonyl (C=O) groups is 1. The predicted molar refractivity (Wildman–Crippen MR) is 54.9 cm³/mol. The average Bonchev–Trinajstić information content (AvgIpc) is 2.78. The van der Waals surface area contributed by atoms with Gasteiger partial charge in [-0.05, 0) is 12.1 Å². The third-order valence-corrected chi connectivity index (χ3v) is 2.00. The monoisotopic (exact) mass is 219 g/mol. The molecule has 2 heterocycles. The van der Waals surface area contributed by atoms with E-state index in [1.54, 1.807) is 24.5 Å². The maximum Gasteiger partial charge on any atom is 0.356 e. The van der Waals surface area contributed by atoms with Gasteiger partial charge in [-0.1, -0.05) is 0 Å². The molecule has 0 amide bonds. The molecule has 0 aliphatic heterocycles. The molecule has 0 saturated heterocycles. The van der Waals surface area contributed by atoms with Gasteiger partial charge in [-0.3, -0.25) is 0 Å². The summed E-state index contributed by atoms with van der Waals surface area (Å²) in [5.41, 5.74) is 0.690. The van der Waals surface area contributed by atoms with Crippen molar-refractivity contribution in [2.24, 2.45) is 0 Å². The number of hydrogen-bond acceptors (Lipinski definition) is 4. The lowest BCUT2D eigenvalue weighted by Crippen LogP contribution is -2.01. The smallest absolute Gasteiger partial charge is 0.356 e. The van der Waals surface area contributed by atoms with Crippen molar-refractivity contribution >= 4 is 5.97 Å². The van der Waals surface area contributed by atoms with Crippen LogP contribution in [0.5, 0.6) is 5.88 Å². The number of ether oxygens (including phenoxy) is 1. The highest BCUT2D eigenvalue weighted by molar-refractivity contribution is 5.85. The SMILES string of the molecule is COc1cc(-n2ccc(C(=O)O)n2)ccn1. The number of aromatic carboxylic acids is 1. The van der Waals surface area contributed by atoms with E-state index in [1.165, 1.54) is 17.9 Å². The zero-order chi connectivity index (χ0) is 11.5. The van der Waals surface area contributed by atoms with Crippen LogP contribution in [0, 0.1) is 0 Å². The highest BCUT2D eigenvalue weighted by Crippen LogP contribution is 2.12. The standard InChI is InChI=1S/C10H9N3O3/c1-16-9-6-7(2-4-11-9)13-5-3-8(12-13)10(14)15/h2-6H,1H3,(H,14,15). The highest BCUT2D eigenvalue weighted by Gasteiger charge is 2.08. The van der Waals surface area contributed by atoms with E-state index in [1.807, 2.05) is 0 Å². The second-order valence-electron chi connectivity index (χ2n) is 3.01. The molecule has 2 aromatic heterocycles. The van der Waals surface area contributed by atoms with Crippen LogP contribution in [-0.4, -0.2) is 33.0 Å². The van der Waals surface area contributed by atoms with Crippen molar-refractivity contribution in [1.29, 1.82) is 0 Å². The molecule has 6 nitrogen and oxygen atoms in total. The number of carboxylic acids is 1. The van der Waals surface area contributed by atoms with Gasteiger partial charge in [0.1, 0.15) is 0 Å². The topological polar surface area (TPSA) is 77.2 Å². The van der Waals surface area contributed by atoms with Crippen LogP contribution in [0.1, 0.15) is 10.5 Å². The number of aromatic nitrogens is 3. The van der Waals surface area contributed by atoms with E-state index in [0.717, 1.165) is 0 Å². The normalized spacial score (nSPS) is 10.1. The van der Waals surface area contributed by atoms with Crippen molar-refractivity contribution in [3.05, 3.63) is 36.3 Å². The summed E-state index contributed by atoms with van der Waals surface area (Å²) in [6, 6.07) is 4.80. The minimum atomic E-state index is -1.06. The van der Waals surface area contributed by atoms with Crippen LogP contribution in [0.15, 0.2) is 30.6 Å². The summed E-state index contributed by atoms with van der Waals surface area (Å²) in [4.78, 5) is 14.6. The Morgan fingerprint density at radius 3 is 2.94 bits per heavy atom. The quantitative estimate of drug-likeness (QED) is 0.832. The molecule has 2 rings (SSSR count). The molecule has 2 aromatic rings. The first kappa shape index (κ1) is 10.2. The van der Waals surface area contributed by atoms with E-state index in [-0.39, 0.29) is 5.69 Å². The largest absolute Gasteiger partial charge is 0.481 e. The number of nitrogens with zero attached hydrogens (tertiary/aromatic N) is 3. The van der Waals surface area contributed by atoms with Crippen molar-refractivity contribution in [2.75, 3.05) is 7.11 Å². The molecule has 0 bridgehead atoms. The molecule has 0 atom stereocenters. The molecule has 0 fully saturated rings. The number of rotatable bonds is 3. The van der Waals surface area contributed by atoms with Crippen LogP contribution in [-0.2, 0) is 0 Å². The molecule has 0 aliphatic rings. The molecule has 0 unspecified atom stereocenters. The molecule has 1 N–H and O–H groups in total. The minimum absolute atomic E-state index is 0.00391. The summed E-state index contributed by atoms with van der Waals surface area (Å²) < 4.78 is 6.41. The third-order valence-electron chi connectivity index (χ3n) is 2.00. The van der Waals surface area contributed by atoms with Crippen molar-refractivity contribution < 1.29 is 14.6 Å². The van der Waals surface area contributed by atoms with Crippen molar-refractivity contribution in [3.8, 4) is 11.6 Å². The van der Waals surface area contributed by atoms with Gasteiger partial charge in [0, 0.05) is 18.5 Å². The van der Waals surface area contributed by atoms with Gasteiger partial charge < -0.3 is 9.84 Å². The van der Waals surface area contributed by atoms with Gasteiger partial charge in [0.2, 0.25) is 5.88 Å². The van der Waals surface area contributed by atoms with Gasteiger partial charge in [-0.15, -0.1) is 0 Å². The molecule has 82 valence electrons. The Kier molecular flexibility index (Phi) is 2.55. The fourth-order valence-corrected chi connectivity index (χ4v) is 1.23. The van der Waals surface area contributed by atoms with Crippen molar-refractivity contribution in [1.82, 2.24) is 14.8 Å². The number of methoxy groups -OCH3 is 1. The maximum atomic E-state index is 10.7. The van der Waals surface area contributed by atoms with Crippen molar-refractivity contribution in [2.45, 2.75) is 0 Å². The second-order valence-corrected chi connectivity index (χ2v) is 3.01.